The predicted molar refractivity (Wildman–Crippen MR) is 86.3 cm³/mol. The van der Waals surface area contributed by atoms with E-state index in [-0.39, 0.29) is 11.5 Å². The van der Waals surface area contributed by atoms with Gasteiger partial charge in [0.25, 0.3) is 0 Å². The summed E-state index contributed by atoms with van der Waals surface area (Å²) in [6.45, 7) is 3.72. The summed E-state index contributed by atoms with van der Waals surface area (Å²) in [6, 6.07) is 7.02. The highest BCUT2D eigenvalue weighted by Gasteiger charge is 2.28. The second-order valence-electron chi connectivity index (χ2n) is 5.23. The minimum atomic E-state index is -3.84. The molecule has 2 rings (SSSR count). The Morgan fingerprint density at radius 2 is 1.91 bits per heavy atom. The van der Waals surface area contributed by atoms with Crippen LogP contribution in [0, 0.1) is 6.92 Å². The molecule has 0 amide bonds. The molecule has 124 valence electrons. The topological polar surface area (TPSA) is 77.4 Å². The number of carbonyl (C=O) groups is 1. The lowest BCUT2D eigenvalue weighted by Gasteiger charge is -2.16. The molecule has 1 unspecified atom stereocenters. The van der Waals surface area contributed by atoms with Gasteiger partial charge in [0.1, 0.15) is 6.04 Å². The van der Waals surface area contributed by atoms with Gasteiger partial charge in [-0.3, -0.25) is 0 Å². The molecule has 1 aromatic heterocycles. The van der Waals surface area contributed by atoms with Gasteiger partial charge in [0.15, 0.2) is 0 Å². The van der Waals surface area contributed by atoms with Crippen molar-refractivity contribution < 1.29 is 17.9 Å². The van der Waals surface area contributed by atoms with E-state index in [0.717, 1.165) is 5.56 Å². The third-order valence-corrected chi connectivity index (χ3v) is 4.75. The van der Waals surface area contributed by atoms with Crippen LogP contribution in [-0.2, 0) is 26.6 Å². The Balaban J connectivity index is 2.33. The lowest BCUT2D eigenvalue weighted by atomic mass is 10.2. The molecular formula is C16H20N2O4S. The van der Waals surface area contributed by atoms with Gasteiger partial charge in [-0.1, -0.05) is 17.7 Å². The molecule has 1 heterocycles. The molecule has 0 aliphatic carbocycles. The Morgan fingerprint density at radius 1 is 1.26 bits per heavy atom. The van der Waals surface area contributed by atoms with Gasteiger partial charge in [-0.25, -0.2) is 13.2 Å². The fourth-order valence-electron chi connectivity index (χ4n) is 2.11. The minimum absolute atomic E-state index is 0.105. The SMILES string of the molecule is CCOC(=O)C(NS(=O)(=O)c1ccc(C)cc1)c1ccn(C)c1. The first-order valence-corrected chi connectivity index (χ1v) is 8.69. The summed E-state index contributed by atoms with van der Waals surface area (Å²) in [5.74, 6) is -0.630. The number of hydrogen-bond acceptors (Lipinski definition) is 4. The van der Waals surface area contributed by atoms with E-state index in [1.807, 2.05) is 6.92 Å². The van der Waals surface area contributed by atoms with Crippen molar-refractivity contribution in [2.75, 3.05) is 6.61 Å². The van der Waals surface area contributed by atoms with Gasteiger partial charge < -0.3 is 9.30 Å². The molecule has 1 atom stereocenters. The first-order chi connectivity index (χ1) is 10.8. The van der Waals surface area contributed by atoms with Gasteiger partial charge in [0.2, 0.25) is 10.0 Å². The van der Waals surface area contributed by atoms with Crippen LogP contribution in [-0.4, -0.2) is 25.6 Å². The molecule has 7 heteroatoms. The summed E-state index contributed by atoms with van der Waals surface area (Å²) in [5, 5.41) is 0. The van der Waals surface area contributed by atoms with Crippen LogP contribution < -0.4 is 4.72 Å². The van der Waals surface area contributed by atoms with Crippen LogP contribution >= 0.6 is 0 Å². The van der Waals surface area contributed by atoms with Gasteiger partial charge in [0.05, 0.1) is 11.5 Å². The van der Waals surface area contributed by atoms with Crippen LogP contribution in [0.4, 0.5) is 0 Å². The van der Waals surface area contributed by atoms with Crippen molar-refractivity contribution in [3.8, 4) is 0 Å². The highest BCUT2D eigenvalue weighted by Crippen LogP contribution is 2.19. The van der Waals surface area contributed by atoms with E-state index in [1.54, 1.807) is 49.1 Å². The number of ether oxygens (including phenoxy) is 1. The summed E-state index contributed by atoms with van der Waals surface area (Å²) < 4.78 is 34.2. The third kappa shape index (κ3) is 4.20. The van der Waals surface area contributed by atoms with E-state index in [9.17, 15) is 13.2 Å². The molecule has 0 bridgehead atoms. The molecule has 1 aromatic carbocycles. The first-order valence-electron chi connectivity index (χ1n) is 7.21. The zero-order chi connectivity index (χ0) is 17.0. The number of esters is 1. The van der Waals surface area contributed by atoms with Crippen molar-refractivity contribution in [3.63, 3.8) is 0 Å². The highest BCUT2D eigenvalue weighted by atomic mass is 32.2. The van der Waals surface area contributed by atoms with Crippen molar-refractivity contribution in [1.29, 1.82) is 0 Å². The quantitative estimate of drug-likeness (QED) is 0.818. The number of sulfonamides is 1. The first kappa shape index (κ1) is 17.2. The lowest BCUT2D eigenvalue weighted by Crippen LogP contribution is -2.34. The average Bonchev–Trinajstić information content (AvgIpc) is 2.92. The number of nitrogens with one attached hydrogen (secondary N) is 1. The Bertz CT molecular complexity index is 779. The Labute approximate surface area is 136 Å². The van der Waals surface area contributed by atoms with Crippen LogP contribution in [0.25, 0.3) is 0 Å². The molecule has 0 saturated heterocycles. The number of hydrogen-bond donors (Lipinski definition) is 1. The Morgan fingerprint density at radius 3 is 2.43 bits per heavy atom. The molecule has 0 fully saturated rings. The summed E-state index contributed by atoms with van der Waals surface area (Å²) in [7, 11) is -2.05. The monoisotopic (exact) mass is 336 g/mol. The molecule has 0 saturated carbocycles. The molecule has 0 spiro atoms. The zero-order valence-corrected chi connectivity index (χ0v) is 14.1. The number of nitrogens with zero attached hydrogens (tertiary/aromatic N) is 1. The Hall–Kier alpha value is -2.12. The van der Waals surface area contributed by atoms with Gasteiger partial charge in [-0.15, -0.1) is 0 Å². The summed E-state index contributed by atoms with van der Waals surface area (Å²) in [5.41, 5.74) is 1.48. The molecule has 0 aliphatic rings. The molecule has 0 aliphatic heterocycles. The van der Waals surface area contributed by atoms with Crippen LogP contribution in [0.3, 0.4) is 0 Å². The smallest absolute Gasteiger partial charge is 0.328 e. The number of aryl methyl sites for hydroxylation is 2. The minimum Gasteiger partial charge on any atom is -0.465 e. The van der Waals surface area contributed by atoms with Gasteiger partial charge in [-0.05, 0) is 37.6 Å². The summed E-state index contributed by atoms with van der Waals surface area (Å²) in [4.78, 5) is 12.3. The lowest BCUT2D eigenvalue weighted by molar-refractivity contribution is -0.145. The maximum absolute atomic E-state index is 12.5. The summed E-state index contributed by atoms with van der Waals surface area (Å²) >= 11 is 0. The average molecular weight is 336 g/mol. The molecule has 23 heavy (non-hydrogen) atoms. The largest absolute Gasteiger partial charge is 0.465 e. The van der Waals surface area contributed by atoms with Gasteiger partial charge in [-0.2, -0.15) is 4.72 Å². The van der Waals surface area contributed by atoms with Gasteiger partial charge in [0, 0.05) is 19.4 Å². The summed E-state index contributed by atoms with van der Waals surface area (Å²) in [6.07, 6.45) is 3.42. The van der Waals surface area contributed by atoms with E-state index in [0.29, 0.717) is 5.56 Å². The van der Waals surface area contributed by atoms with Gasteiger partial charge >= 0.3 is 5.97 Å². The van der Waals surface area contributed by atoms with Crippen LogP contribution in [0.1, 0.15) is 24.1 Å². The number of benzene rings is 1. The molecule has 0 radical (unpaired) electrons. The molecular weight excluding hydrogens is 316 g/mol. The maximum atomic E-state index is 12.5. The van der Waals surface area contributed by atoms with Crippen molar-refractivity contribution in [3.05, 3.63) is 53.9 Å². The third-order valence-electron chi connectivity index (χ3n) is 3.31. The van der Waals surface area contributed by atoms with E-state index in [1.165, 1.54) is 12.1 Å². The number of aromatic nitrogens is 1. The second-order valence-corrected chi connectivity index (χ2v) is 6.94. The van der Waals surface area contributed by atoms with Crippen molar-refractivity contribution in [2.45, 2.75) is 24.8 Å². The normalized spacial score (nSPS) is 12.8. The molecule has 2 aromatic rings. The van der Waals surface area contributed by atoms with E-state index in [4.69, 9.17) is 4.74 Å². The molecule has 1 N–H and O–H groups in total. The van der Waals surface area contributed by atoms with Crippen molar-refractivity contribution in [1.82, 2.24) is 9.29 Å². The van der Waals surface area contributed by atoms with Crippen molar-refractivity contribution >= 4 is 16.0 Å². The highest BCUT2D eigenvalue weighted by molar-refractivity contribution is 7.89. The molecule has 6 nitrogen and oxygen atoms in total. The zero-order valence-electron chi connectivity index (χ0n) is 13.3. The van der Waals surface area contributed by atoms with E-state index >= 15 is 0 Å². The fraction of sp³-hybridized carbons (Fsp3) is 0.312. The Kier molecular flexibility index (Phi) is 5.23. The van der Waals surface area contributed by atoms with Crippen LogP contribution in [0.5, 0.6) is 0 Å². The van der Waals surface area contributed by atoms with Crippen molar-refractivity contribution in [2.24, 2.45) is 7.05 Å². The maximum Gasteiger partial charge on any atom is 0.328 e. The van der Waals surface area contributed by atoms with Crippen LogP contribution in [0.2, 0.25) is 0 Å². The van der Waals surface area contributed by atoms with Crippen LogP contribution in [0.15, 0.2) is 47.6 Å². The van der Waals surface area contributed by atoms with E-state index in [2.05, 4.69) is 4.72 Å². The fourth-order valence-corrected chi connectivity index (χ4v) is 3.29. The second kappa shape index (κ2) is 6.97. The number of carbonyl (C=O) groups excluding carboxylic acids is 1. The standard InChI is InChI=1S/C16H20N2O4S/c1-4-22-16(19)15(13-9-10-18(3)11-13)17-23(20,21)14-7-5-12(2)6-8-14/h5-11,15,17H,4H2,1-3H3. The predicted octanol–water partition coefficient (Wildman–Crippen LogP) is 1.92. The number of rotatable bonds is 6. The van der Waals surface area contributed by atoms with E-state index < -0.39 is 22.0 Å².